The van der Waals surface area contributed by atoms with E-state index in [1.807, 2.05) is 6.08 Å². The van der Waals surface area contributed by atoms with E-state index in [-0.39, 0.29) is 17.8 Å². The number of hydrogen-bond donors (Lipinski definition) is 0. The topological polar surface area (TPSA) is 26.3 Å². The molecular weight excluding hydrogens is 344 g/mol. The van der Waals surface area contributed by atoms with Crippen molar-refractivity contribution < 1.29 is 9.53 Å². The molecule has 1 saturated carbocycles. The van der Waals surface area contributed by atoms with Gasteiger partial charge in [0.05, 0.1) is 12.0 Å². The fraction of sp³-hybridized carbons (Fsp3) is 0.269. The lowest BCUT2D eigenvalue weighted by molar-refractivity contribution is -0.136. The highest BCUT2D eigenvalue weighted by atomic mass is 16.5. The van der Waals surface area contributed by atoms with Crippen LogP contribution in [0.2, 0.25) is 0 Å². The third-order valence-electron chi connectivity index (χ3n) is 7.29. The van der Waals surface area contributed by atoms with E-state index in [1.54, 1.807) is 0 Å². The minimum atomic E-state index is -0.604. The third-order valence-corrected chi connectivity index (χ3v) is 7.29. The minimum Gasteiger partial charge on any atom is -0.493 e. The molecule has 3 aliphatic carbocycles. The molecule has 0 saturated heterocycles. The van der Waals surface area contributed by atoms with Gasteiger partial charge in [0.1, 0.15) is 5.75 Å². The Labute approximate surface area is 164 Å². The fourth-order valence-electron chi connectivity index (χ4n) is 6.27. The van der Waals surface area contributed by atoms with Crippen LogP contribution in [0.4, 0.5) is 0 Å². The SMILES string of the molecule is C=CCC1C(=O)C23c4ccccc4C1CC2COc1ccc2ccccc2c13. The second kappa shape index (κ2) is 5.57. The fourth-order valence-corrected chi connectivity index (χ4v) is 6.27. The number of ketones is 1. The van der Waals surface area contributed by atoms with E-state index in [0.29, 0.717) is 12.4 Å². The maximum Gasteiger partial charge on any atom is 0.152 e. The van der Waals surface area contributed by atoms with Gasteiger partial charge in [-0.25, -0.2) is 0 Å². The first-order valence-electron chi connectivity index (χ1n) is 10.2. The van der Waals surface area contributed by atoms with E-state index >= 15 is 0 Å². The molecule has 4 atom stereocenters. The van der Waals surface area contributed by atoms with E-state index in [1.165, 1.54) is 11.1 Å². The summed E-state index contributed by atoms with van der Waals surface area (Å²) in [5.74, 6) is 1.71. The van der Waals surface area contributed by atoms with Crippen molar-refractivity contribution in [3.8, 4) is 5.75 Å². The normalized spacial score (nSPS) is 29.6. The van der Waals surface area contributed by atoms with Crippen molar-refractivity contribution in [2.75, 3.05) is 6.61 Å². The first-order chi connectivity index (χ1) is 13.8. The van der Waals surface area contributed by atoms with Gasteiger partial charge in [-0.2, -0.15) is 0 Å². The van der Waals surface area contributed by atoms with Gasteiger partial charge in [0, 0.05) is 17.4 Å². The standard InChI is InChI=1S/C26H22O2/c1-2-7-20-21-14-17-15-28-23-13-12-16-8-3-4-9-18(16)24(23)26(17,25(20)27)22-11-6-5-10-19(21)22/h2-6,8-13,17,20-21H,1,7,14-15H2. The Morgan fingerprint density at radius 1 is 1.07 bits per heavy atom. The summed E-state index contributed by atoms with van der Waals surface area (Å²) in [5, 5.41) is 2.31. The number of fused-ring (bicyclic) bond motifs is 4. The molecule has 1 spiro atoms. The average Bonchev–Trinajstić information content (AvgIpc) is 2.75. The van der Waals surface area contributed by atoms with Crippen molar-refractivity contribution in [3.05, 3.63) is 90.0 Å². The zero-order valence-electron chi connectivity index (χ0n) is 15.7. The summed E-state index contributed by atoms with van der Waals surface area (Å²) in [6, 6.07) is 21.2. The number of carbonyl (C=O) groups is 1. The molecule has 0 radical (unpaired) electrons. The molecule has 2 heteroatoms. The predicted octanol–water partition coefficient (Wildman–Crippen LogP) is 5.40. The van der Waals surface area contributed by atoms with Crippen molar-refractivity contribution in [2.24, 2.45) is 11.8 Å². The highest BCUT2D eigenvalue weighted by Gasteiger charge is 2.63. The van der Waals surface area contributed by atoms with E-state index in [2.05, 4.69) is 67.2 Å². The molecule has 0 aromatic heterocycles. The Morgan fingerprint density at radius 3 is 2.79 bits per heavy atom. The lowest BCUT2D eigenvalue weighted by Gasteiger charge is -2.57. The second-order valence-corrected chi connectivity index (χ2v) is 8.40. The molecule has 0 amide bonds. The monoisotopic (exact) mass is 366 g/mol. The average molecular weight is 366 g/mol. The maximum absolute atomic E-state index is 14.2. The highest BCUT2D eigenvalue weighted by molar-refractivity contribution is 6.05. The van der Waals surface area contributed by atoms with Crippen LogP contribution in [0.1, 0.15) is 35.4 Å². The quantitative estimate of drug-likeness (QED) is 0.568. The number of carbonyl (C=O) groups excluding carboxylic acids is 1. The maximum atomic E-state index is 14.2. The first-order valence-corrected chi connectivity index (χ1v) is 10.2. The molecule has 1 aliphatic heterocycles. The largest absolute Gasteiger partial charge is 0.493 e. The van der Waals surface area contributed by atoms with Gasteiger partial charge in [-0.1, -0.05) is 60.7 Å². The zero-order valence-corrected chi connectivity index (χ0v) is 15.7. The minimum absolute atomic E-state index is 0.00793. The number of ether oxygens (including phenoxy) is 1. The smallest absolute Gasteiger partial charge is 0.152 e. The van der Waals surface area contributed by atoms with Crippen molar-refractivity contribution in [2.45, 2.75) is 24.2 Å². The molecule has 2 nitrogen and oxygen atoms in total. The van der Waals surface area contributed by atoms with E-state index in [0.717, 1.165) is 34.9 Å². The highest BCUT2D eigenvalue weighted by Crippen LogP contribution is 2.63. The Balaban J connectivity index is 1.77. The van der Waals surface area contributed by atoms with Crippen LogP contribution in [-0.2, 0) is 10.2 Å². The van der Waals surface area contributed by atoms with Gasteiger partial charge in [0.2, 0.25) is 0 Å². The number of Topliss-reactive ketones (excluding diaryl/α,β-unsaturated/α-hetero) is 1. The van der Waals surface area contributed by atoms with Crippen LogP contribution in [0.3, 0.4) is 0 Å². The van der Waals surface area contributed by atoms with Gasteiger partial charge < -0.3 is 4.74 Å². The summed E-state index contributed by atoms with van der Waals surface area (Å²) in [6.07, 6.45) is 3.66. The van der Waals surface area contributed by atoms with Crippen molar-refractivity contribution in [3.63, 3.8) is 0 Å². The lowest BCUT2D eigenvalue weighted by Crippen LogP contribution is -2.60. The van der Waals surface area contributed by atoms with Crippen LogP contribution in [0, 0.1) is 11.8 Å². The summed E-state index contributed by atoms with van der Waals surface area (Å²) >= 11 is 0. The first kappa shape index (κ1) is 16.1. The molecule has 28 heavy (non-hydrogen) atoms. The summed E-state index contributed by atoms with van der Waals surface area (Å²) in [6.45, 7) is 4.56. The number of rotatable bonds is 2. The van der Waals surface area contributed by atoms with Crippen LogP contribution in [-0.4, -0.2) is 12.4 Å². The van der Waals surface area contributed by atoms with Crippen LogP contribution in [0.15, 0.2) is 73.3 Å². The third kappa shape index (κ3) is 1.76. The number of benzene rings is 3. The second-order valence-electron chi connectivity index (χ2n) is 8.40. The Morgan fingerprint density at radius 2 is 1.89 bits per heavy atom. The molecule has 4 unspecified atom stereocenters. The Bertz CT molecular complexity index is 1140. The summed E-state index contributed by atoms with van der Waals surface area (Å²) < 4.78 is 6.23. The predicted molar refractivity (Wildman–Crippen MR) is 111 cm³/mol. The molecule has 2 bridgehead atoms. The summed E-state index contributed by atoms with van der Waals surface area (Å²) in [5.41, 5.74) is 3.05. The van der Waals surface area contributed by atoms with Gasteiger partial charge in [0.25, 0.3) is 0 Å². The van der Waals surface area contributed by atoms with Crippen LogP contribution < -0.4 is 4.74 Å². The summed E-state index contributed by atoms with van der Waals surface area (Å²) in [7, 11) is 0. The lowest BCUT2D eigenvalue weighted by atomic mass is 9.45. The Kier molecular flexibility index (Phi) is 3.21. The van der Waals surface area contributed by atoms with Gasteiger partial charge in [-0.15, -0.1) is 6.58 Å². The van der Waals surface area contributed by atoms with E-state index < -0.39 is 5.41 Å². The molecule has 3 aromatic rings. The van der Waals surface area contributed by atoms with Crippen LogP contribution in [0.25, 0.3) is 10.8 Å². The molecule has 1 heterocycles. The molecule has 0 N–H and O–H groups in total. The zero-order chi connectivity index (χ0) is 18.9. The van der Waals surface area contributed by atoms with Gasteiger partial charge in [-0.05, 0) is 46.7 Å². The Hall–Kier alpha value is -2.87. The van der Waals surface area contributed by atoms with Crippen molar-refractivity contribution >= 4 is 16.6 Å². The number of hydrogen-bond acceptors (Lipinski definition) is 2. The van der Waals surface area contributed by atoms with Crippen molar-refractivity contribution in [1.82, 2.24) is 0 Å². The molecule has 138 valence electrons. The van der Waals surface area contributed by atoms with Crippen LogP contribution >= 0.6 is 0 Å². The summed E-state index contributed by atoms with van der Waals surface area (Å²) in [4.78, 5) is 14.2. The van der Waals surface area contributed by atoms with Crippen molar-refractivity contribution in [1.29, 1.82) is 0 Å². The number of allylic oxidation sites excluding steroid dienone is 1. The van der Waals surface area contributed by atoms with Crippen LogP contribution in [0.5, 0.6) is 5.75 Å². The molecule has 7 rings (SSSR count). The van der Waals surface area contributed by atoms with Gasteiger partial charge in [0.15, 0.2) is 5.78 Å². The molecule has 3 aromatic carbocycles. The van der Waals surface area contributed by atoms with E-state index in [4.69, 9.17) is 4.74 Å². The van der Waals surface area contributed by atoms with E-state index in [9.17, 15) is 4.79 Å². The molecular formula is C26H22O2. The van der Waals surface area contributed by atoms with Gasteiger partial charge >= 0.3 is 0 Å². The van der Waals surface area contributed by atoms with Gasteiger partial charge in [-0.3, -0.25) is 4.79 Å². The molecule has 4 aliphatic rings. The molecule has 1 fully saturated rings.